The van der Waals surface area contributed by atoms with Crippen molar-refractivity contribution >= 4 is 17.5 Å². The number of Topliss-reactive ketones (excluding diaryl/α,β-unsaturated/α-hetero) is 2. The lowest BCUT2D eigenvalue weighted by atomic mass is 9.55. The number of carbonyl (C=O) groups excluding carboxylic acids is 3. The van der Waals surface area contributed by atoms with Crippen LogP contribution in [-0.4, -0.2) is 135 Å². The van der Waals surface area contributed by atoms with Gasteiger partial charge in [0.25, 0.3) is 5.91 Å². The van der Waals surface area contributed by atoms with E-state index in [1.54, 1.807) is 14.1 Å². The van der Waals surface area contributed by atoms with Crippen molar-refractivity contribution in [2.24, 2.45) is 11.8 Å². The van der Waals surface area contributed by atoms with Gasteiger partial charge in [0.2, 0.25) is 5.78 Å². The molecule has 1 aromatic carbocycles. The van der Waals surface area contributed by atoms with E-state index in [4.69, 9.17) is 5.11 Å². The third kappa shape index (κ3) is 4.43. The summed E-state index contributed by atoms with van der Waals surface area (Å²) in [5.41, 5.74) is -5.80. The maximum atomic E-state index is 13.9. The van der Waals surface area contributed by atoms with Crippen LogP contribution < -0.4 is 5.32 Å². The number of fused-ring (bicyclic) bond motifs is 3. The second-order valence-corrected chi connectivity index (χ2v) is 11.9. The van der Waals surface area contributed by atoms with Gasteiger partial charge in [-0.1, -0.05) is 12.1 Å². The van der Waals surface area contributed by atoms with Gasteiger partial charge < -0.3 is 36.0 Å². The Bertz CT molecular complexity index is 1380. The average Bonchev–Trinajstić information content (AvgIpc) is 2.93. The van der Waals surface area contributed by atoms with Crippen LogP contribution >= 0.6 is 0 Å². The highest BCUT2D eigenvalue weighted by atomic mass is 16.3. The summed E-state index contributed by atoms with van der Waals surface area (Å²) in [6, 6.07) is 3.10. The lowest BCUT2D eigenvalue weighted by Crippen LogP contribution is -2.65. The van der Waals surface area contributed by atoms with Gasteiger partial charge in [-0.15, -0.1) is 0 Å². The van der Waals surface area contributed by atoms with Crippen LogP contribution in [-0.2, 0) is 15.2 Å². The normalized spacial score (nSPS) is 32.1. The fourth-order valence-corrected chi connectivity index (χ4v) is 7.07. The number of β-amino-alcohol motifs (C(OH)–C–C–N with tert-alkyl or cyclic N) is 1. The molecule has 1 fully saturated rings. The van der Waals surface area contributed by atoms with Gasteiger partial charge in [-0.25, -0.2) is 0 Å². The van der Waals surface area contributed by atoms with Gasteiger partial charge in [0.05, 0.1) is 30.5 Å². The molecule has 0 saturated carbocycles. The zero-order valence-electron chi connectivity index (χ0n) is 23.9. The quantitative estimate of drug-likeness (QED) is 0.201. The Hall–Kier alpha value is -3.33. The van der Waals surface area contributed by atoms with Crippen molar-refractivity contribution < 1.29 is 45.0 Å². The molecular formula is C29H38N4O9. The Morgan fingerprint density at radius 3 is 2.33 bits per heavy atom. The number of phenolic OH excluding ortho intramolecular Hbond substituents is 1. The predicted molar refractivity (Wildman–Crippen MR) is 148 cm³/mol. The van der Waals surface area contributed by atoms with Crippen LogP contribution in [0.1, 0.15) is 29.3 Å². The summed E-state index contributed by atoms with van der Waals surface area (Å²) in [5, 5.41) is 68.7. The Morgan fingerprint density at radius 1 is 1.07 bits per heavy atom. The second kappa shape index (κ2) is 10.7. The van der Waals surface area contributed by atoms with Gasteiger partial charge in [0.1, 0.15) is 22.8 Å². The van der Waals surface area contributed by atoms with E-state index in [-0.39, 0.29) is 30.8 Å². The lowest BCUT2D eigenvalue weighted by Gasteiger charge is -2.52. The molecule has 1 saturated heterocycles. The van der Waals surface area contributed by atoms with Crippen LogP contribution in [0.4, 0.5) is 0 Å². The maximum absolute atomic E-state index is 13.9. The molecule has 42 heavy (non-hydrogen) atoms. The summed E-state index contributed by atoms with van der Waals surface area (Å²) in [4.78, 5) is 46.5. The number of hydrogen-bond donors (Lipinski definition) is 7. The molecule has 1 unspecified atom stereocenters. The third-order valence-corrected chi connectivity index (χ3v) is 9.35. The van der Waals surface area contributed by atoms with E-state index in [0.717, 1.165) is 0 Å². The predicted octanol–water partition coefficient (Wildman–Crippen LogP) is -1.02. The minimum absolute atomic E-state index is 0.0454. The van der Waals surface area contributed by atoms with Crippen LogP contribution in [0, 0.1) is 11.8 Å². The number of carbonyl (C=O) groups is 3. The molecule has 13 heteroatoms. The van der Waals surface area contributed by atoms with Crippen LogP contribution in [0.2, 0.25) is 0 Å². The topological polar surface area (TPSA) is 194 Å². The number of hydrogen-bond acceptors (Lipinski definition) is 12. The monoisotopic (exact) mass is 586 g/mol. The van der Waals surface area contributed by atoms with Crippen molar-refractivity contribution in [3.63, 3.8) is 0 Å². The Morgan fingerprint density at radius 2 is 1.71 bits per heavy atom. The summed E-state index contributed by atoms with van der Waals surface area (Å²) in [5.74, 6) is -7.38. The number of aromatic hydroxyl groups is 1. The van der Waals surface area contributed by atoms with Gasteiger partial charge in [0, 0.05) is 50.1 Å². The Balaban J connectivity index is 1.51. The molecule has 5 atom stereocenters. The number of likely N-dealkylation sites (N-methyl/N-ethyl adjacent to an activating group) is 1. The second-order valence-electron chi connectivity index (χ2n) is 11.9. The van der Waals surface area contributed by atoms with Crippen molar-refractivity contribution in [1.82, 2.24) is 20.0 Å². The highest BCUT2D eigenvalue weighted by Crippen LogP contribution is 2.56. The molecule has 0 bridgehead atoms. The number of nitrogens with zero attached hydrogens (tertiary/aromatic N) is 3. The van der Waals surface area contributed by atoms with E-state index in [1.165, 1.54) is 30.0 Å². The number of aliphatic hydroxyl groups excluding tert-OH is 3. The van der Waals surface area contributed by atoms with E-state index >= 15 is 0 Å². The number of benzene rings is 1. The molecule has 7 N–H and O–H groups in total. The van der Waals surface area contributed by atoms with E-state index in [2.05, 4.69) is 10.2 Å². The van der Waals surface area contributed by atoms with Crippen molar-refractivity contribution in [3.8, 4) is 5.75 Å². The number of rotatable bonds is 6. The van der Waals surface area contributed by atoms with Gasteiger partial charge in [-0.2, -0.15) is 0 Å². The van der Waals surface area contributed by atoms with E-state index < -0.39 is 75.0 Å². The molecule has 1 aromatic rings. The number of aliphatic hydroxyl groups is 5. The molecule has 1 amide bonds. The van der Waals surface area contributed by atoms with Gasteiger partial charge in [-0.05, 0) is 39.1 Å². The molecule has 4 aliphatic rings. The summed E-state index contributed by atoms with van der Waals surface area (Å²) in [6.45, 7) is 4.60. The van der Waals surface area contributed by atoms with Crippen LogP contribution in [0.5, 0.6) is 5.75 Å². The summed E-state index contributed by atoms with van der Waals surface area (Å²) in [6.07, 6.45) is -0.199. The van der Waals surface area contributed by atoms with E-state index in [9.17, 15) is 39.9 Å². The molecule has 228 valence electrons. The SMILES string of the molecule is CN(C)C1C(O)=C(C(=O)NCN2CCN(CCO)CC2)C(=O)[C@@]2(O)C(O)=C3C(=O)c4c(O)cccc4[C@@](C)(O)[C@H]3C[C@@H]12. The molecule has 3 aliphatic carbocycles. The fourth-order valence-electron chi connectivity index (χ4n) is 7.07. The van der Waals surface area contributed by atoms with Crippen molar-refractivity contribution in [1.29, 1.82) is 0 Å². The Labute approximate surface area is 243 Å². The first-order valence-electron chi connectivity index (χ1n) is 14.0. The Kier molecular flexibility index (Phi) is 7.71. The smallest absolute Gasteiger partial charge is 0.259 e. The number of ketones is 2. The van der Waals surface area contributed by atoms with Gasteiger partial charge >= 0.3 is 0 Å². The molecule has 1 aliphatic heterocycles. The van der Waals surface area contributed by atoms with Crippen molar-refractivity contribution in [2.75, 3.05) is 60.1 Å². The van der Waals surface area contributed by atoms with Crippen molar-refractivity contribution in [2.45, 2.75) is 30.6 Å². The third-order valence-electron chi connectivity index (χ3n) is 9.35. The largest absolute Gasteiger partial charge is 0.510 e. The molecule has 0 radical (unpaired) electrons. The van der Waals surface area contributed by atoms with Crippen LogP contribution in [0.25, 0.3) is 0 Å². The zero-order chi connectivity index (χ0) is 30.7. The van der Waals surface area contributed by atoms with Crippen LogP contribution in [0.15, 0.2) is 40.9 Å². The maximum Gasteiger partial charge on any atom is 0.259 e. The number of piperazine rings is 1. The molecule has 5 rings (SSSR count). The first-order chi connectivity index (χ1) is 19.8. The minimum Gasteiger partial charge on any atom is -0.510 e. The van der Waals surface area contributed by atoms with E-state index in [1.807, 2.05) is 4.90 Å². The fraction of sp³-hybridized carbons (Fsp3) is 0.552. The molecule has 1 heterocycles. The molecule has 13 nitrogen and oxygen atoms in total. The number of nitrogens with one attached hydrogen (secondary N) is 1. The minimum atomic E-state index is -2.76. The zero-order valence-corrected chi connectivity index (χ0v) is 23.9. The number of phenols is 1. The van der Waals surface area contributed by atoms with Gasteiger partial charge in [0.15, 0.2) is 11.4 Å². The van der Waals surface area contributed by atoms with Crippen LogP contribution in [0.3, 0.4) is 0 Å². The first-order valence-corrected chi connectivity index (χ1v) is 14.0. The van der Waals surface area contributed by atoms with Gasteiger partial charge in [-0.3, -0.25) is 29.1 Å². The lowest BCUT2D eigenvalue weighted by molar-refractivity contribution is -0.152. The van der Waals surface area contributed by atoms with E-state index in [0.29, 0.717) is 32.7 Å². The highest BCUT2D eigenvalue weighted by molar-refractivity contribution is 6.25. The molecule has 0 aromatic heterocycles. The summed E-state index contributed by atoms with van der Waals surface area (Å²) >= 11 is 0. The number of amides is 1. The summed E-state index contributed by atoms with van der Waals surface area (Å²) < 4.78 is 0. The highest BCUT2D eigenvalue weighted by Gasteiger charge is 2.65. The summed E-state index contributed by atoms with van der Waals surface area (Å²) in [7, 11) is 3.15. The molecule has 0 spiro atoms. The standard InChI is InChI=1S/C29H38N4O9/c1-28(41)15-5-4-6-18(35)19(15)23(36)20-16(28)13-17-22(31(2)3)24(37)21(26(39)29(17,42)25(20)38)27(40)30-14-33-9-7-32(8-10-33)11-12-34/h4-6,16-17,22,34-35,37-38,41-42H,7-14H2,1-3H3,(H,30,40)/t16-,17-,22?,28+,29-/m0/s1. The first kappa shape index (κ1) is 30.1. The van der Waals surface area contributed by atoms with Crippen molar-refractivity contribution in [3.05, 3.63) is 52.0 Å². The molecular weight excluding hydrogens is 548 g/mol. The average molecular weight is 587 g/mol.